The summed E-state index contributed by atoms with van der Waals surface area (Å²) >= 11 is 0. The lowest BCUT2D eigenvalue weighted by molar-refractivity contribution is -0.140. The molecule has 1 amide bonds. The van der Waals surface area contributed by atoms with E-state index >= 15 is 0 Å². The first-order valence-electron chi connectivity index (χ1n) is 6.09. The van der Waals surface area contributed by atoms with Crippen LogP contribution >= 0.6 is 0 Å². The largest absolute Gasteiger partial charge is 0.481 e. The van der Waals surface area contributed by atoms with Crippen LogP contribution in [0.3, 0.4) is 0 Å². The average Bonchev–Trinajstić information content (AvgIpc) is 3.01. The number of carbonyl (C=O) groups is 2. The summed E-state index contributed by atoms with van der Waals surface area (Å²) in [5.41, 5.74) is 0.480. The Kier molecular flexibility index (Phi) is 3.64. The van der Waals surface area contributed by atoms with E-state index in [1.165, 1.54) is 19.0 Å². The maximum absolute atomic E-state index is 11.7. The molecule has 1 saturated carbocycles. The van der Waals surface area contributed by atoms with Gasteiger partial charge in [0.15, 0.2) is 0 Å². The van der Waals surface area contributed by atoms with E-state index in [0.717, 1.165) is 6.54 Å². The third-order valence-corrected chi connectivity index (χ3v) is 3.03. The molecular weight excluding hydrogens is 234 g/mol. The Balaban J connectivity index is 1.84. The van der Waals surface area contributed by atoms with Crippen molar-refractivity contribution in [3.05, 3.63) is 18.0 Å². The lowest BCUT2D eigenvalue weighted by Crippen LogP contribution is -2.31. The molecule has 0 aliphatic heterocycles. The van der Waals surface area contributed by atoms with Crippen molar-refractivity contribution >= 4 is 11.9 Å². The highest BCUT2D eigenvalue weighted by Gasteiger charge is 2.22. The highest BCUT2D eigenvalue weighted by atomic mass is 16.4. The van der Waals surface area contributed by atoms with Crippen molar-refractivity contribution in [1.82, 2.24) is 15.1 Å². The molecule has 6 nitrogen and oxygen atoms in total. The van der Waals surface area contributed by atoms with Crippen molar-refractivity contribution in [2.24, 2.45) is 11.8 Å². The molecule has 6 heteroatoms. The van der Waals surface area contributed by atoms with Crippen molar-refractivity contribution in [1.29, 1.82) is 0 Å². The molecule has 0 aromatic carbocycles. The number of nitrogens with one attached hydrogen (secondary N) is 1. The predicted molar refractivity (Wildman–Crippen MR) is 64.1 cm³/mol. The molecular formula is C12H17N3O3. The number of hydrogen-bond donors (Lipinski definition) is 2. The number of carboxylic acids is 1. The first kappa shape index (κ1) is 12.6. The van der Waals surface area contributed by atoms with Gasteiger partial charge in [-0.15, -0.1) is 0 Å². The van der Waals surface area contributed by atoms with Crippen LogP contribution in [-0.4, -0.2) is 33.3 Å². The van der Waals surface area contributed by atoms with Gasteiger partial charge in [-0.25, -0.2) is 0 Å². The topological polar surface area (TPSA) is 84.2 Å². The third kappa shape index (κ3) is 3.32. The fourth-order valence-electron chi connectivity index (χ4n) is 1.58. The number of amides is 1. The zero-order chi connectivity index (χ0) is 13.1. The van der Waals surface area contributed by atoms with Crippen LogP contribution in [-0.2, 0) is 11.3 Å². The van der Waals surface area contributed by atoms with E-state index in [0.29, 0.717) is 11.5 Å². The molecule has 1 aromatic rings. The molecule has 0 bridgehead atoms. The summed E-state index contributed by atoms with van der Waals surface area (Å²) in [6.07, 6.45) is 5.69. The lowest BCUT2D eigenvalue weighted by Gasteiger charge is -2.06. The second kappa shape index (κ2) is 5.20. The van der Waals surface area contributed by atoms with Gasteiger partial charge in [-0.1, -0.05) is 6.92 Å². The van der Waals surface area contributed by atoms with Gasteiger partial charge < -0.3 is 10.4 Å². The summed E-state index contributed by atoms with van der Waals surface area (Å²) in [4.78, 5) is 22.3. The molecule has 98 valence electrons. The lowest BCUT2D eigenvalue weighted by atomic mass is 10.2. The van der Waals surface area contributed by atoms with Crippen LogP contribution in [0.4, 0.5) is 0 Å². The molecule has 1 aliphatic rings. The Labute approximate surface area is 105 Å². The first-order chi connectivity index (χ1) is 8.56. The normalized spacial score (nSPS) is 16.3. The third-order valence-electron chi connectivity index (χ3n) is 3.03. The summed E-state index contributed by atoms with van der Waals surface area (Å²) in [5, 5.41) is 15.4. The number of nitrogens with zero attached hydrogens (tertiary/aromatic N) is 2. The van der Waals surface area contributed by atoms with Crippen LogP contribution in [0.25, 0.3) is 0 Å². The molecule has 2 rings (SSSR count). The van der Waals surface area contributed by atoms with E-state index in [-0.39, 0.29) is 12.5 Å². The second-order valence-electron chi connectivity index (χ2n) is 4.84. The standard InChI is InChI=1S/C12H17N3O3/c1-8(12(17)18)4-13-11(16)10-5-14-15(7-10)6-9-2-3-9/h5,7-9H,2-4,6H2,1H3,(H,13,16)(H,17,18). The quantitative estimate of drug-likeness (QED) is 0.781. The van der Waals surface area contributed by atoms with Gasteiger partial charge >= 0.3 is 5.97 Å². The molecule has 0 spiro atoms. The summed E-state index contributed by atoms with van der Waals surface area (Å²) in [5.74, 6) is -1.08. The molecule has 0 radical (unpaired) electrons. The van der Waals surface area contributed by atoms with E-state index in [1.807, 2.05) is 0 Å². The zero-order valence-electron chi connectivity index (χ0n) is 10.3. The van der Waals surface area contributed by atoms with Crippen LogP contribution in [0.5, 0.6) is 0 Å². The highest BCUT2D eigenvalue weighted by molar-refractivity contribution is 5.93. The van der Waals surface area contributed by atoms with Crippen LogP contribution in [0, 0.1) is 11.8 Å². The van der Waals surface area contributed by atoms with Gasteiger partial charge in [-0.2, -0.15) is 5.10 Å². The number of rotatable bonds is 6. The monoisotopic (exact) mass is 251 g/mol. The Morgan fingerprint density at radius 1 is 1.61 bits per heavy atom. The van der Waals surface area contributed by atoms with Crippen LogP contribution in [0.15, 0.2) is 12.4 Å². The van der Waals surface area contributed by atoms with E-state index in [4.69, 9.17) is 5.11 Å². The molecule has 1 unspecified atom stereocenters. The molecule has 1 aliphatic carbocycles. The van der Waals surface area contributed by atoms with Gasteiger partial charge in [0.05, 0.1) is 17.7 Å². The first-order valence-corrected chi connectivity index (χ1v) is 6.09. The Hall–Kier alpha value is -1.85. The Morgan fingerprint density at radius 3 is 2.94 bits per heavy atom. The molecule has 1 fully saturated rings. The number of hydrogen-bond acceptors (Lipinski definition) is 3. The number of carbonyl (C=O) groups excluding carboxylic acids is 1. The smallest absolute Gasteiger partial charge is 0.308 e. The molecule has 1 atom stereocenters. The molecule has 2 N–H and O–H groups in total. The summed E-state index contributed by atoms with van der Waals surface area (Å²) in [6, 6.07) is 0. The predicted octanol–water partition coefficient (Wildman–Crippen LogP) is 0.744. The molecule has 1 heterocycles. The Morgan fingerprint density at radius 2 is 2.33 bits per heavy atom. The van der Waals surface area contributed by atoms with E-state index in [9.17, 15) is 9.59 Å². The second-order valence-corrected chi connectivity index (χ2v) is 4.84. The van der Waals surface area contributed by atoms with Gasteiger partial charge in [-0.3, -0.25) is 14.3 Å². The molecule has 0 saturated heterocycles. The van der Waals surface area contributed by atoms with E-state index in [1.54, 1.807) is 17.8 Å². The van der Waals surface area contributed by atoms with Gasteiger partial charge in [0, 0.05) is 19.3 Å². The molecule has 18 heavy (non-hydrogen) atoms. The van der Waals surface area contributed by atoms with Crippen LogP contribution in [0.1, 0.15) is 30.1 Å². The van der Waals surface area contributed by atoms with Crippen molar-refractivity contribution in [3.63, 3.8) is 0 Å². The minimum absolute atomic E-state index is 0.127. The minimum Gasteiger partial charge on any atom is -0.481 e. The number of aromatic nitrogens is 2. The fourth-order valence-corrected chi connectivity index (χ4v) is 1.58. The Bertz CT molecular complexity index is 451. The van der Waals surface area contributed by atoms with E-state index in [2.05, 4.69) is 10.4 Å². The minimum atomic E-state index is -0.917. The van der Waals surface area contributed by atoms with Gasteiger partial charge in [0.1, 0.15) is 0 Å². The maximum Gasteiger partial charge on any atom is 0.308 e. The van der Waals surface area contributed by atoms with Crippen molar-refractivity contribution in [2.75, 3.05) is 6.54 Å². The summed E-state index contributed by atoms with van der Waals surface area (Å²) < 4.78 is 1.77. The molecule has 1 aromatic heterocycles. The van der Waals surface area contributed by atoms with Crippen molar-refractivity contribution < 1.29 is 14.7 Å². The number of aliphatic carboxylic acids is 1. The number of carboxylic acid groups (broad SMARTS) is 1. The van der Waals surface area contributed by atoms with Crippen LogP contribution < -0.4 is 5.32 Å². The SMILES string of the molecule is CC(CNC(=O)c1cnn(CC2CC2)c1)C(=O)O. The van der Waals surface area contributed by atoms with Gasteiger partial charge in [0.25, 0.3) is 5.91 Å². The van der Waals surface area contributed by atoms with Crippen LogP contribution in [0.2, 0.25) is 0 Å². The van der Waals surface area contributed by atoms with Crippen molar-refractivity contribution in [3.8, 4) is 0 Å². The summed E-state index contributed by atoms with van der Waals surface area (Å²) in [7, 11) is 0. The van der Waals surface area contributed by atoms with E-state index < -0.39 is 11.9 Å². The van der Waals surface area contributed by atoms with Crippen molar-refractivity contribution in [2.45, 2.75) is 26.3 Å². The highest BCUT2D eigenvalue weighted by Crippen LogP contribution is 2.30. The maximum atomic E-state index is 11.7. The van der Waals surface area contributed by atoms with Gasteiger partial charge in [-0.05, 0) is 18.8 Å². The van der Waals surface area contributed by atoms with Gasteiger partial charge in [0.2, 0.25) is 0 Å². The average molecular weight is 251 g/mol. The fraction of sp³-hybridized carbons (Fsp3) is 0.583. The summed E-state index contributed by atoms with van der Waals surface area (Å²) in [6.45, 7) is 2.54. The zero-order valence-corrected chi connectivity index (χ0v) is 10.3.